The Balaban J connectivity index is 0.00000242. The molecule has 0 amide bonds. The third kappa shape index (κ3) is 5.94. The van der Waals surface area contributed by atoms with Crippen LogP contribution in [0.15, 0.2) is 54.6 Å². The molecule has 0 N–H and O–H groups in total. The van der Waals surface area contributed by atoms with E-state index in [1.54, 1.807) is 6.07 Å². The molecule has 0 radical (unpaired) electrons. The molecule has 118 valence electrons. The van der Waals surface area contributed by atoms with Gasteiger partial charge in [-0.25, -0.2) is 4.79 Å². The summed E-state index contributed by atoms with van der Waals surface area (Å²) in [6, 6.07) is 17.7. The number of halogens is 2. The predicted molar refractivity (Wildman–Crippen MR) is 99.5 cm³/mol. The highest BCUT2D eigenvalue weighted by molar-refractivity contribution is 14.1. The van der Waals surface area contributed by atoms with Crippen LogP contribution in [0.3, 0.4) is 0 Å². The first-order chi connectivity index (χ1) is 10.2. The van der Waals surface area contributed by atoms with Crippen molar-refractivity contribution in [1.82, 2.24) is 4.90 Å². The largest absolute Gasteiger partial charge is 0.461 e. The van der Waals surface area contributed by atoms with Crippen molar-refractivity contribution in [2.45, 2.75) is 6.54 Å². The standard InChI is InChI=1S/C17H18INO2.ClH/c1-19(13-14-7-3-2-4-8-14)11-12-21-17(20)15-9-5-6-10-16(15)18;/h2-10H,11-13H2,1H3;1H. The quantitative estimate of drug-likeness (QED) is 0.511. The number of likely N-dealkylation sites (N-methyl/N-ethyl adjacent to an activating group) is 1. The van der Waals surface area contributed by atoms with Crippen LogP contribution in [0.25, 0.3) is 0 Å². The number of carbonyl (C=O) groups excluding carboxylic acids is 1. The lowest BCUT2D eigenvalue weighted by Crippen LogP contribution is -2.24. The van der Waals surface area contributed by atoms with E-state index in [0.717, 1.165) is 10.1 Å². The van der Waals surface area contributed by atoms with Gasteiger partial charge in [0.25, 0.3) is 0 Å². The molecule has 0 bridgehead atoms. The van der Waals surface area contributed by atoms with Crippen molar-refractivity contribution in [1.29, 1.82) is 0 Å². The van der Waals surface area contributed by atoms with E-state index in [2.05, 4.69) is 39.6 Å². The Morgan fingerprint density at radius 2 is 1.73 bits per heavy atom. The Kier molecular flexibility index (Phi) is 8.45. The van der Waals surface area contributed by atoms with Gasteiger partial charge in [0.1, 0.15) is 6.61 Å². The highest BCUT2D eigenvalue weighted by Gasteiger charge is 2.10. The van der Waals surface area contributed by atoms with Gasteiger partial charge >= 0.3 is 5.97 Å². The van der Waals surface area contributed by atoms with Gasteiger partial charge in [0.15, 0.2) is 0 Å². The van der Waals surface area contributed by atoms with Crippen molar-refractivity contribution in [3.63, 3.8) is 0 Å². The number of benzene rings is 2. The van der Waals surface area contributed by atoms with Crippen molar-refractivity contribution in [3.8, 4) is 0 Å². The summed E-state index contributed by atoms with van der Waals surface area (Å²) in [5.41, 5.74) is 1.88. The van der Waals surface area contributed by atoms with Crippen LogP contribution < -0.4 is 0 Å². The first-order valence-corrected chi connectivity index (χ1v) is 7.89. The van der Waals surface area contributed by atoms with E-state index in [1.807, 2.05) is 43.4 Å². The van der Waals surface area contributed by atoms with Crippen LogP contribution >= 0.6 is 35.0 Å². The summed E-state index contributed by atoms with van der Waals surface area (Å²) < 4.78 is 6.25. The van der Waals surface area contributed by atoms with Gasteiger partial charge in [-0.05, 0) is 47.3 Å². The molecule has 0 aliphatic carbocycles. The van der Waals surface area contributed by atoms with Crippen molar-refractivity contribution >= 4 is 41.0 Å². The molecule has 0 aromatic heterocycles. The van der Waals surface area contributed by atoms with E-state index in [-0.39, 0.29) is 18.4 Å². The second-order valence-corrected chi connectivity index (χ2v) is 6.00. The van der Waals surface area contributed by atoms with Crippen molar-refractivity contribution in [2.75, 3.05) is 20.2 Å². The Labute approximate surface area is 151 Å². The summed E-state index contributed by atoms with van der Waals surface area (Å²) in [6.07, 6.45) is 0. The molecule has 0 unspecified atom stereocenters. The zero-order valence-electron chi connectivity index (χ0n) is 12.4. The summed E-state index contributed by atoms with van der Waals surface area (Å²) in [4.78, 5) is 14.1. The number of esters is 1. The van der Waals surface area contributed by atoms with Gasteiger partial charge in [-0.15, -0.1) is 12.4 Å². The molecule has 0 aliphatic rings. The van der Waals surface area contributed by atoms with Gasteiger partial charge in [0.05, 0.1) is 5.56 Å². The summed E-state index contributed by atoms with van der Waals surface area (Å²) >= 11 is 2.14. The molecule has 0 heterocycles. The number of nitrogens with zero attached hydrogens (tertiary/aromatic N) is 1. The number of hydrogen-bond acceptors (Lipinski definition) is 3. The average Bonchev–Trinajstić information content (AvgIpc) is 2.48. The van der Waals surface area contributed by atoms with E-state index >= 15 is 0 Å². The average molecular weight is 432 g/mol. The second kappa shape index (κ2) is 9.82. The zero-order chi connectivity index (χ0) is 15.1. The Hall–Kier alpha value is -1.11. The summed E-state index contributed by atoms with van der Waals surface area (Å²) in [5, 5.41) is 0. The molecule has 0 atom stereocenters. The van der Waals surface area contributed by atoms with Gasteiger partial charge in [-0.2, -0.15) is 0 Å². The first-order valence-electron chi connectivity index (χ1n) is 6.81. The maximum absolute atomic E-state index is 12.0. The number of carbonyl (C=O) groups is 1. The van der Waals surface area contributed by atoms with Crippen LogP contribution in [-0.2, 0) is 11.3 Å². The van der Waals surface area contributed by atoms with Crippen molar-refractivity contribution in [2.24, 2.45) is 0 Å². The molecule has 2 aromatic rings. The molecular formula is C17H19ClINO2. The number of hydrogen-bond donors (Lipinski definition) is 0. The minimum absolute atomic E-state index is 0. The molecular weight excluding hydrogens is 413 g/mol. The van der Waals surface area contributed by atoms with Crippen LogP contribution in [0.4, 0.5) is 0 Å². The number of rotatable bonds is 6. The fraction of sp³-hybridized carbons (Fsp3) is 0.235. The lowest BCUT2D eigenvalue weighted by molar-refractivity contribution is 0.0469. The van der Waals surface area contributed by atoms with Crippen LogP contribution in [-0.4, -0.2) is 31.1 Å². The Bertz CT molecular complexity index is 592. The third-order valence-electron chi connectivity index (χ3n) is 3.10. The second-order valence-electron chi connectivity index (χ2n) is 4.84. The maximum Gasteiger partial charge on any atom is 0.339 e. The van der Waals surface area contributed by atoms with Gasteiger partial charge < -0.3 is 4.74 Å². The van der Waals surface area contributed by atoms with E-state index in [4.69, 9.17) is 4.74 Å². The summed E-state index contributed by atoms with van der Waals surface area (Å²) in [5.74, 6) is -0.256. The number of ether oxygens (including phenoxy) is 1. The van der Waals surface area contributed by atoms with E-state index in [9.17, 15) is 4.79 Å². The molecule has 0 spiro atoms. The first kappa shape index (κ1) is 18.9. The summed E-state index contributed by atoms with van der Waals surface area (Å²) in [6.45, 7) is 1.96. The predicted octanol–water partition coefficient (Wildman–Crippen LogP) is 4.00. The van der Waals surface area contributed by atoms with Gasteiger partial charge in [-0.3, -0.25) is 4.90 Å². The normalized spacial score (nSPS) is 10.1. The van der Waals surface area contributed by atoms with E-state index < -0.39 is 0 Å². The fourth-order valence-corrected chi connectivity index (χ4v) is 2.58. The highest BCUT2D eigenvalue weighted by atomic mass is 127. The minimum atomic E-state index is -0.256. The topological polar surface area (TPSA) is 29.5 Å². The van der Waals surface area contributed by atoms with Crippen LogP contribution in [0.2, 0.25) is 0 Å². The van der Waals surface area contributed by atoms with Crippen LogP contribution in [0.1, 0.15) is 15.9 Å². The van der Waals surface area contributed by atoms with Gasteiger partial charge in [-0.1, -0.05) is 42.5 Å². The van der Waals surface area contributed by atoms with E-state index in [0.29, 0.717) is 18.7 Å². The Morgan fingerprint density at radius 3 is 2.41 bits per heavy atom. The van der Waals surface area contributed by atoms with Crippen molar-refractivity contribution in [3.05, 3.63) is 69.3 Å². The van der Waals surface area contributed by atoms with Gasteiger partial charge in [0, 0.05) is 16.7 Å². The lowest BCUT2D eigenvalue weighted by Gasteiger charge is -2.16. The molecule has 0 fully saturated rings. The zero-order valence-corrected chi connectivity index (χ0v) is 15.3. The SMILES string of the molecule is CN(CCOC(=O)c1ccccc1I)Cc1ccccc1.Cl. The smallest absolute Gasteiger partial charge is 0.339 e. The van der Waals surface area contributed by atoms with Gasteiger partial charge in [0.2, 0.25) is 0 Å². The third-order valence-corrected chi connectivity index (χ3v) is 4.04. The maximum atomic E-state index is 12.0. The highest BCUT2D eigenvalue weighted by Crippen LogP contribution is 2.12. The molecule has 0 saturated carbocycles. The minimum Gasteiger partial charge on any atom is -0.461 e. The molecule has 5 heteroatoms. The monoisotopic (exact) mass is 431 g/mol. The fourth-order valence-electron chi connectivity index (χ4n) is 1.97. The van der Waals surface area contributed by atoms with Crippen LogP contribution in [0.5, 0.6) is 0 Å². The van der Waals surface area contributed by atoms with Crippen LogP contribution in [0, 0.1) is 3.57 Å². The summed E-state index contributed by atoms with van der Waals surface area (Å²) in [7, 11) is 2.02. The molecule has 2 rings (SSSR count). The molecule has 2 aromatic carbocycles. The Morgan fingerprint density at radius 1 is 1.09 bits per heavy atom. The molecule has 3 nitrogen and oxygen atoms in total. The molecule has 0 aliphatic heterocycles. The lowest BCUT2D eigenvalue weighted by atomic mass is 10.2. The van der Waals surface area contributed by atoms with Crippen molar-refractivity contribution < 1.29 is 9.53 Å². The molecule has 0 saturated heterocycles. The van der Waals surface area contributed by atoms with E-state index in [1.165, 1.54) is 5.56 Å². The molecule has 22 heavy (non-hydrogen) atoms.